The lowest BCUT2D eigenvalue weighted by molar-refractivity contribution is 0.308. The van der Waals surface area contributed by atoms with E-state index in [1.54, 1.807) is 12.1 Å². The van der Waals surface area contributed by atoms with Crippen LogP contribution in [0.4, 0.5) is 11.4 Å². The number of nitrogens with zero attached hydrogens (tertiary/aromatic N) is 1. The quantitative estimate of drug-likeness (QED) is 0.841. The number of hydrogen-bond donors (Lipinski definition) is 2. The Labute approximate surface area is 145 Å². The first-order valence-corrected chi connectivity index (χ1v) is 8.13. The van der Waals surface area contributed by atoms with E-state index in [2.05, 4.69) is 22.4 Å². The van der Waals surface area contributed by atoms with Crippen LogP contribution in [0.25, 0.3) is 0 Å². The lowest BCUT2D eigenvalue weighted by Gasteiger charge is -2.09. The van der Waals surface area contributed by atoms with Crippen LogP contribution in [0.3, 0.4) is 0 Å². The van der Waals surface area contributed by atoms with Gasteiger partial charge < -0.3 is 15.8 Å². The van der Waals surface area contributed by atoms with Crippen LogP contribution in [0.15, 0.2) is 47.5 Å². The van der Waals surface area contributed by atoms with Gasteiger partial charge in [0.05, 0.1) is 16.1 Å². The number of halogens is 2. The molecule has 0 saturated carbocycles. The van der Waals surface area contributed by atoms with Crippen molar-refractivity contribution >= 4 is 40.6 Å². The van der Waals surface area contributed by atoms with E-state index < -0.39 is 0 Å². The van der Waals surface area contributed by atoms with Crippen LogP contribution in [0.5, 0.6) is 0 Å². The Bertz CT molecular complexity index is 716. The molecule has 1 aliphatic heterocycles. The Kier molecular flexibility index (Phi) is 4.94. The summed E-state index contributed by atoms with van der Waals surface area (Å²) in [6.45, 7) is 0.586. The first-order valence-electron chi connectivity index (χ1n) is 7.37. The second kappa shape index (κ2) is 7.11. The minimum atomic E-state index is 0.170. The smallest absolute Gasteiger partial charge is 0.282 e. The van der Waals surface area contributed by atoms with Gasteiger partial charge in [-0.15, -0.1) is 0 Å². The number of amidine groups is 1. The summed E-state index contributed by atoms with van der Waals surface area (Å²) in [6.07, 6.45) is 1.87. The largest absolute Gasteiger partial charge is 0.463 e. The third-order valence-corrected chi connectivity index (χ3v) is 4.40. The SMILES string of the molecule is NC1=NC(CCc2ccc(Nc3ccc(Cl)c(Cl)c3)cc2)CO1. The van der Waals surface area contributed by atoms with E-state index in [0.717, 1.165) is 24.2 Å². The monoisotopic (exact) mass is 349 g/mol. The Morgan fingerprint density at radius 2 is 1.83 bits per heavy atom. The van der Waals surface area contributed by atoms with Gasteiger partial charge in [-0.3, -0.25) is 0 Å². The second-order valence-corrected chi connectivity index (χ2v) is 6.24. The van der Waals surface area contributed by atoms with Gasteiger partial charge in [-0.05, 0) is 48.7 Å². The minimum Gasteiger partial charge on any atom is -0.463 e. The summed E-state index contributed by atoms with van der Waals surface area (Å²) in [5, 5.41) is 4.38. The number of benzene rings is 2. The van der Waals surface area contributed by atoms with Crippen LogP contribution < -0.4 is 11.1 Å². The maximum atomic E-state index is 6.02. The molecule has 0 bridgehead atoms. The van der Waals surface area contributed by atoms with Crippen molar-refractivity contribution in [2.75, 3.05) is 11.9 Å². The molecule has 0 fully saturated rings. The van der Waals surface area contributed by atoms with E-state index in [1.807, 2.05) is 18.2 Å². The number of nitrogens with one attached hydrogen (secondary N) is 1. The zero-order valence-electron chi connectivity index (χ0n) is 12.4. The molecule has 0 spiro atoms. The van der Waals surface area contributed by atoms with Crippen molar-refractivity contribution in [3.63, 3.8) is 0 Å². The molecule has 6 heteroatoms. The summed E-state index contributed by atoms with van der Waals surface area (Å²) in [7, 11) is 0. The molecule has 120 valence electrons. The van der Waals surface area contributed by atoms with E-state index in [4.69, 9.17) is 33.7 Å². The summed E-state index contributed by atoms with van der Waals surface area (Å²) in [6, 6.07) is 14.2. The molecule has 2 aromatic rings. The maximum Gasteiger partial charge on any atom is 0.282 e. The molecular weight excluding hydrogens is 333 g/mol. The zero-order valence-corrected chi connectivity index (χ0v) is 13.9. The van der Waals surface area contributed by atoms with Crippen LogP contribution in [0.2, 0.25) is 10.0 Å². The highest BCUT2D eigenvalue weighted by atomic mass is 35.5. The van der Waals surface area contributed by atoms with Crippen molar-refractivity contribution < 1.29 is 4.74 Å². The molecule has 0 aliphatic carbocycles. The van der Waals surface area contributed by atoms with E-state index in [1.165, 1.54) is 5.56 Å². The summed E-state index contributed by atoms with van der Waals surface area (Å²) in [4.78, 5) is 4.23. The van der Waals surface area contributed by atoms with Crippen molar-refractivity contribution in [2.45, 2.75) is 18.9 Å². The average Bonchev–Trinajstić information content (AvgIpc) is 2.96. The fourth-order valence-corrected chi connectivity index (χ4v) is 2.71. The van der Waals surface area contributed by atoms with Crippen LogP contribution >= 0.6 is 23.2 Å². The Morgan fingerprint density at radius 3 is 2.48 bits per heavy atom. The van der Waals surface area contributed by atoms with Gasteiger partial charge in [0.25, 0.3) is 6.02 Å². The van der Waals surface area contributed by atoms with Gasteiger partial charge in [0.15, 0.2) is 0 Å². The van der Waals surface area contributed by atoms with Crippen molar-refractivity contribution in [1.82, 2.24) is 0 Å². The lowest BCUT2D eigenvalue weighted by Crippen LogP contribution is -2.10. The highest BCUT2D eigenvalue weighted by Gasteiger charge is 2.16. The zero-order chi connectivity index (χ0) is 16.2. The van der Waals surface area contributed by atoms with Gasteiger partial charge in [0.2, 0.25) is 0 Å². The third-order valence-electron chi connectivity index (χ3n) is 3.66. The molecule has 3 rings (SSSR count). The molecule has 1 heterocycles. The van der Waals surface area contributed by atoms with Crippen molar-refractivity contribution in [3.05, 3.63) is 58.1 Å². The molecule has 0 aromatic heterocycles. The van der Waals surface area contributed by atoms with Gasteiger partial charge in [-0.2, -0.15) is 0 Å². The molecule has 1 atom stereocenters. The van der Waals surface area contributed by atoms with Crippen LogP contribution in [-0.4, -0.2) is 18.7 Å². The van der Waals surface area contributed by atoms with Gasteiger partial charge in [0.1, 0.15) is 6.61 Å². The molecule has 23 heavy (non-hydrogen) atoms. The highest BCUT2D eigenvalue weighted by molar-refractivity contribution is 6.42. The summed E-state index contributed by atoms with van der Waals surface area (Å²) >= 11 is 11.9. The van der Waals surface area contributed by atoms with Crippen LogP contribution in [-0.2, 0) is 11.2 Å². The number of ether oxygens (including phenoxy) is 1. The van der Waals surface area contributed by atoms with Gasteiger partial charge >= 0.3 is 0 Å². The number of nitrogens with two attached hydrogens (primary N) is 1. The lowest BCUT2D eigenvalue weighted by atomic mass is 10.1. The van der Waals surface area contributed by atoms with Gasteiger partial charge in [0, 0.05) is 11.4 Å². The molecule has 0 amide bonds. The van der Waals surface area contributed by atoms with E-state index in [-0.39, 0.29) is 6.04 Å². The number of anilines is 2. The van der Waals surface area contributed by atoms with E-state index >= 15 is 0 Å². The number of aryl methyl sites for hydroxylation is 1. The summed E-state index contributed by atoms with van der Waals surface area (Å²) < 4.78 is 5.15. The third kappa shape index (κ3) is 4.30. The molecule has 4 nitrogen and oxygen atoms in total. The number of rotatable bonds is 5. The van der Waals surface area contributed by atoms with Gasteiger partial charge in [-0.1, -0.05) is 35.3 Å². The molecule has 2 aromatic carbocycles. The molecule has 1 aliphatic rings. The highest BCUT2D eigenvalue weighted by Crippen LogP contribution is 2.27. The number of hydrogen-bond acceptors (Lipinski definition) is 4. The molecule has 3 N–H and O–H groups in total. The topological polar surface area (TPSA) is 59.6 Å². The standard InChI is InChI=1S/C17H17Cl2N3O/c18-15-8-7-13(9-16(15)19)21-12-4-1-11(2-5-12)3-6-14-10-23-17(20)22-14/h1-2,4-5,7-9,14,21H,3,6,10H2,(H2,20,22). The number of aliphatic imine (C=N–C) groups is 1. The molecule has 0 radical (unpaired) electrons. The Morgan fingerprint density at radius 1 is 1.09 bits per heavy atom. The first-order chi connectivity index (χ1) is 11.1. The fraction of sp³-hybridized carbons (Fsp3) is 0.235. The van der Waals surface area contributed by atoms with Gasteiger partial charge in [-0.25, -0.2) is 4.99 Å². The Balaban J connectivity index is 1.57. The average molecular weight is 350 g/mol. The maximum absolute atomic E-state index is 6.02. The van der Waals surface area contributed by atoms with Crippen LogP contribution in [0, 0.1) is 0 Å². The Hall–Kier alpha value is -1.91. The minimum absolute atomic E-state index is 0.170. The van der Waals surface area contributed by atoms with Crippen molar-refractivity contribution in [1.29, 1.82) is 0 Å². The van der Waals surface area contributed by atoms with E-state index in [0.29, 0.717) is 22.7 Å². The fourth-order valence-electron chi connectivity index (χ4n) is 2.41. The second-order valence-electron chi connectivity index (χ2n) is 5.42. The summed E-state index contributed by atoms with van der Waals surface area (Å²) in [5.41, 5.74) is 8.67. The first kappa shape index (κ1) is 16.0. The van der Waals surface area contributed by atoms with Crippen molar-refractivity contribution in [3.8, 4) is 0 Å². The molecular formula is C17H17Cl2N3O. The van der Waals surface area contributed by atoms with E-state index in [9.17, 15) is 0 Å². The van der Waals surface area contributed by atoms with Crippen molar-refractivity contribution in [2.24, 2.45) is 10.7 Å². The normalized spacial score (nSPS) is 16.8. The molecule has 1 unspecified atom stereocenters. The summed E-state index contributed by atoms with van der Waals surface area (Å²) in [5.74, 6) is 0. The van der Waals surface area contributed by atoms with Crippen LogP contribution in [0.1, 0.15) is 12.0 Å². The predicted molar refractivity (Wildman–Crippen MR) is 95.9 cm³/mol. The predicted octanol–water partition coefficient (Wildman–Crippen LogP) is 4.38. The molecule has 0 saturated heterocycles.